The molecule has 0 saturated heterocycles. The van der Waals surface area contributed by atoms with Crippen LogP contribution in [0, 0.1) is 18.3 Å². The first-order valence-electron chi connectivity index (χ1n) is 9.71. The van der Waals surface area contributed by atoms with E-state index < -0.39 is 5.97 Å². The molecule has 3 rings (SSSR count). The van der Waals surface area contributed by atoms with Crippen molar-refractivity contribution >= 4 is 51.6 Å². The molecule has 0 atom stereocenters. The number of nitrogens with zero attached hydrogens (tertiary/aromatic N) is 4. The number of amides is 1. The molecular weight excluding hydrogens is 470 g/mol. The fourth-order valence-electron chi connectivity index (χ4n) is 2.91. The van der Waals surface area contributed by atoms with Crippen LogP contribution in [0.15, 0.2) is 29.4 Å². The molecule has 0 aliphatic heterocycles. The predicted molar refractivity (Wildman–Crippen MR) is 125 cm³/mol. The van der Waals surface area contributed by atoms with Crippen LogP contribution in [0.25, 0.3) is 11.4 Å². The number of ether oxygens (including phenoxy) is 1. The Labute approximate surface area is 198 Å². The van der Waals surface area contributed by atoms with Crippen molar-refractivity contribution in [1.82, 2.24) is 14.8 Å². The number of halogens is 1. The van der Waals surface area contributed by atoms with Gasteiger partial charge in [0.05, 0.1) is 17.9 Å². The highest BCUT2D eigenvalue weighted by Gasteiger charge is 2.22. The van der Waals surface area contributed by atoms with E-state index in [1.807, 2.05) is 29.7 Å². The van der Waals surface area contributed by atoms with E-state index >= 15 is 0 Å². The summed E-state index contributed by atoms with van der Waals surface area (Å²) in [6, 6.07) is 9.35. The Hall–Kier alpha value is -2.87. The number of hydrogen-bond donors (Lipinski definition) is 1. The summed E-state index contributed by atoms with van der Waals surface area (Å²) in [5, 5.41) is 22.2. The quantitative estimate of drug-likeness (QED) is 0.358. The number of carbonyl (C=O) groups excluding carboxylic acids is 2. The minimum absolute atomic E-state index is 0.0648. The zero-order valence-corrected chi connectivity index (χ0v) is 20.0. The second-order valence-electron chi connectivity index (χ2n) is 6.49. The van der Waals surface area contributed by atoms with Crippen LogP contribution in [0.2, 0.25) is 5.02 Å². The number of nitriles is 1. The van der Waals surface area contributed by atoms with Gasteiger partial charge in [0.15, 0.2) is 11.0 Å². The molecular formula is C21H20ClN5O3S2. The van der Waals surface area contributed by atoms with Gasteiger partial charge in [-0.2, -0.15) is 5.26 Å². The maximum Gasteiger partial charge on any atom is 0.348 e. The number of hydrogen-bond acceptors (Lipinski definition) is 8. The third kappa shape index (κ3) is 5.12. The van der Waals surface area contributed by atoms with Crippen molar-refractivity contribution in [3.05, 3.63) is 45.3 Å². The molecule has 0 aliphatic carbocycles. The molecule has 0 aliphatic rings. The Morgan fingerprint density at radius 2 is 2.00 bits per heavy atom. The normalized spacial score (nSPS) is 10.6. The van der Waals surface area contributed by atoms with Crippen molar-refractivity contribution in [1.29, 1.82) is 5.26 Å². The molecule has 0 unspecified atom stereocenters. The number of anilines is 1. The number of thioether (sulfide) groups is 1. The summed E-state index contributed by atoms with van der Waals surface area (Å²) in [5.41, 5.74) is 1.63. The lowest BCUT2D eigenvalue weighted by Crippen LogP contribution is -2.14. The molecule has 0 radical (unpaired) electrons. The zero-order valence-electron chi connectivity index (χ0n) is 17.6. The summed E-state index contributed by atoms with van der Waals surface area (Å²) in [4.78, 5) is 25.0. The first-order valence-corrected chi connectivity index (χ1v) is 11.9. The molecule has 32 heavy (non-hydrogen) atoms. The first kappa shape index (κ1) is 23.8. The van der Waals surface area contributed by atoms with Gasteiger partial charge in [0.2, 0.25) is 5.91 Å². The number of benzene rings is 1. The van der Waals surface area contributed by atoms with E-state index in [2.05, 4.69) is 15.5 Å². The molecule has 0 fully saturated rings. The van der Waals surface area contributed by atoms with Crippen molar-refractivity contribution in [2.75, 3.05) is 17.7 Å². The maximum atomic E-state index is 12.6. The lowest BCUT2D eigenvalue weighted by Gasteiger charge is -2.07. The van der Waals surface area contributed by atoms with Gasteiger partial charge in [-0.15, -0.1) is 21.5 Å². The zero-order chi connectivity index (χ0) is 23.3. The molecule has 11 heteroatoms. The minimum atomic E-state index is -0.507. The average Bonchev–Trinajstić information content (AvgIpc) is 3.33. The van der Waals surface area contributed by atoms with Gasteiger partial charge >= 0.3 is 5.97 Å². The van der Waals surface area contributed by atoms with Crippen molar-refractivity contribution < 1.29 is 14.3 Å². The van der Waals surface area contributed by atoms with E-state index in [0.29, 0.717) is 38.0 Å². The van der Waals surface area contributed by atoms with Crippen LogP contribution < -0.4 is 5.32 Å². The highest BCUT2D eigenvalue weighted by molar-refractivity contribution is 7.99. The summed E-state index contributed by atoms with van der Waals surface area (Å²) in [6.07, 6.45) is 0. The predicted octanol–water partition coefficient (Wildman–Crippen LogP) is 4.77. The van der Waals surface area contributed by atoms with Crippen molar-refractivity contribution in [2.45, 2.75) is 32.5 Å². The van der Waals surface area contributed by atoms with Gasteiger partial charge in [0.25, 0.3) is 0 Å². The number of esters is 1. The Morgan fingerprint density at radius 3 is 2.62 bits per heavy atom. The second kappa shape index (κ2) is 10.6. The summed E-state index contributed by atoms with van der Waals surface area (Å²) in [7, 11) is 0. The molecule has 8 nitrogen and oxygen atoms in total. The Kier molecular flexibility index (Phi) is 7.90. The second-order valence-corrected chi connectivity index (χ2v) is 8.89. The topological polar surface area (TPSA) is 110 Å². The van der Waals surface area contributed by atoms with E-state index in [0.717, 1.165) is 16.9 Å². The highest BCUT2D eigenvalue weighted by atomic mass is 35.5. The highest BCUT2D eigenvalue weighted by Crippen LogP contribution is 2.33. The van der Waals surface area contributed by atoms with Crippen molar-refractivity contribution in [3.63, 3.8) is 0 Å². The van der Waals surface area contributed by atoms with Gasteiger partial charge in [-0.1, -0.05) is 23.4 Å². The van der Waals surface area contributed by atoms with Crippen LogP contribution in [0.4, 0.5) is 5.00 Å². The maximum absolute atomic E-state index is 12.6. The lowest BCUT2D eigenvalue weighted by molar-refractivity contribution is -0.113. The average molecular weight is 490 g/mol. The number of carbonyl (C=O) groups is 2. The van der Waals surface area contributed by atoms with Crippen LogP contribution in [0.5, 0.6) is 0 Å². The number of nitrogens with one attached hydrogen (secondary N) is 1. The van der Waals surface area contributed by atoms with E-state index in [9.17, 15) is 14.9 Å². The molecule has 1 amide bonds. The molecule has 0 spiro atoms. The van der Waals surface area contributed by atoms with E-state index in [1.165, 1.54) is 11.8 Å². The van der Waals surface area contributed by atoms with Crippen LogP contribution in [-0.2, 0) is 16.1 Å². The summed E-state index contributed by atoms with van der Waals surface area (Å²) >= 11 is 8.23. The van der Waals surface area contributed by atoms with Gasteiger partial charge in [0, 0.05) is 17.1 Å². The van der Waals surface area contributed by atoms with E-state index in [-0.39, 0.29) is 23.8 Å². The monoisotopic (exact) mass is 489 g/mol. The van der Waals surface area contributed by atoms with Gasteiger partial charge in [-0.25, -0.2) is 4.79 Å². The Balaban J connectivity index is 1.72. The largest absolute Gasteiger partial charge is 0.462 e. The van der Waals surface area contributed by atoms with Gasteiger partial charge in [-0.3, -0.25) is 4.79 Å². The number of thiophene rings is 1. The smallest absolute Gasteiger partial charge is 0.348 e. The Morgan fingerprint density at radius 1 is 1.28 bits per heavy atom. The fraction of sp³-hybridized carbons (Fsp3) is 0.286. The lowest BCUT2D eigenvalue weighted by atomic mass is 10.2. The van der Waals surface area contributed by atoms with Crippen LogP contribution in [0.1, 0.15) is 34.6 Å². The van der Waals surface area contributed by atoms with Gasteiger partial charge in [-0.05, 0) is 50.6 Å². The van der Waals surface area contributed by atoms with Crippen LogP contribution in [-0.4, -0.2) is 39.0 Å². The van der Waals surface area contributed by atoms with Crippen molar-refractivity contribution in [3.8, 4) is 17.5 Å². The summed E-state index contributed by atoms with van der Waals surface area (Å²) < 4.78 is 6.94. The Bertz CT molecular complexity index is 1180. The molecule has 1 N–H and O–H groups in total. The molecule has 2 aromatic heterocycles. The van der Waals surface area contributed by atoms with E-state index in [4.69, 9.17) is 16.3 Å². The minimum Gasteiger partial charge on any atom is -0.462 e. The molecule has 0 bridgehead atoms. The summed E-state index contributed by atoms with van der Waals surface area (Å²) in [6.45, 7) is 6.19. The van der Waals surface area contributed by atoms with Crippen LogP contribution in [0.3, 0.4) is 0 Å². The fourth-order valence-corrected chi connectivity index (χ4v) is 4.91. The van der Waals surface area contributed by atoms with Crippen molar-refractivity contribution in [2.24, 2.45) is 0 Å². The molecule has 166 valence electrons. The van der Waals surface area contributed by atoms with Gasteiger partial charge in [0.1, 0.15) is 15.9 Å². The standard InChI is InChI=1S/C21H20ClN5O3S2/c1-4-27-18(13-6-8-14(22)9-7-13)25-26-21(27)31-11-16(28)24-19-15(10-23)12(3)17(32-19)20(29)30-5-2/h6-9H,4-5,11H2,1-3H3,(H,24,28). The first-order chi connectivity index (χ1) is 15.4. The SMILES string of the molecule is CCOC(=O)c1sc(NC(=O)CSc2nnc(-c3ccc(Cl)cc3)n2CC)c(C#N)c1C. The van der Waals surface area contributed by atoms with E-state index in [1.54, 1.807) is 26.0 Å². The molecule has 3 aromatic rings. The number of aromatic nitrogens is 3. The van der Waals surface area contributed by atoms with Crippen LogP contribution >= 0.6 is 34.7 Å². The molecule has 1 aromatic carbocycles. The molecule has 2 heterocycles. The molecule has 0 saturated carbocycles. The summed E-state index contributed by atoms with van der Waals surface area (Å²) in [5.74, 6) is -0.0734. The number of rotatable bonds is 8. The van der Waals surface area contributed by atoms with Gasteiger partial charge < -0.3 is 14.6 Å². The third-order valence-corrected chi connectivity index (χ3v) is 6.85. The third-order valence-electron chi connectivity index (χ3n) is 4.44.